The number of aromatic amines is 4. The zero-order valence-electron chi connectivity index (χ0n) is 72.0. The second-order valence-electron chi connectivity index (χ2n) is 34.1. The molecule has 5 aromatic heterocycles. The largest absolute Gasteiger partial charge is 0.469 e. The predicted molar refractivity (Wildman–Crippen MR) is 483 cm³/mol. The van der Waals surface area contributed by atoms with Gasteiger partial charge in [0.25, 0.3) is 27.8 Å². The number of H-pyrrole nitrogens is 4. The molecule has 39 nitrogen and oxygen atoms in total. The van der Waals surface area contributed by atoms with Crippen LogP contribution in [0.5, 0.6) is 0 Å². The summed E-state index contributed by atoms with van der Waals surface area (Å²) < 4.78 is 56.2. The van der Waals surface area contributed by atoms with Gasteiger partial charge in [-0.2, -0.15) is 0 Å². The normalized spacial score (nSPS) is 27.0. The molecular formula is C77H121N10O29P5S2. The third-order valence-electron chi connectivity index (χ3n) is 20.3. The number of esters is 2. The minimum absolute atomic E-state index is 0.164. The van der Waals surface area contributed by atoms with E-state index in [0.717, 1.165) is 65.0 Å². The molecule has 5 aliphatic rings. The van der Waals surface area contributed by atoms with Gasteiger partial charge in [-0.1, -0.05) is 0 Å². The molecule has 5 unspecified atom stereocenters. The van der Waals surface area contributed by atoms with Crippen molar-refractivity contribution in [2.45, 2.75) is 175 Å². The monoisotopic (exact) mass is 1870 g/mol. The molecule has 123 heavy (non-hydrogen) atoms. The highest BCUT2D eigenvalue weighted by atomic mass is 32.1. The zero-order chi connectivity index (χ0) is 93.0. The molecule has 690 valence electrons. The average Bonchev–Trinajstić information content (AvgIpc) is 1.75. The average molecular weight is 1870 g/mol. The molecular weight excluding hydrogens is 1750 g/mol. The van der Waals surface area contributed by atoms with Gasteiger partial charge < -0.3 is 83.5 Å². The lowest BCUT2D eigenvalue weighted by Crippen LogP contribution is -2.42. The highest BCUT2D eigenvalue weighted by molar-refractivity contribution is 7.73. The van der Waals surface area contributed by atoms with Crippen LogP contribution in [0.4, 0.5) is 0 Å². The van der Waals surface area contributed by atoms with E-state index in [4.69, 9.17) is 57.6 Å². The smallest absolute Gasteiger partial charge is 0.332 e. The van der Waals surface area contributed by atoms with Gasteiger partial charge in [0.1, 0.15) is 73.0 Å². The second kappa shape index (κ2) is 44.4. The minimum Gasteiger partial charge on any atom is -0.469 e. The minimum atomic E-state index is -1.44. The number of aromatic nitrogens is 10. The van der Waals surface area contributed by atoms with Crippen LogP contribution in [0.1, 0.15) is 103 Å². The molecule has 0 aliphatic carbocycles. The fourth-order valence-corrected chi connectivity index (χ4v) is 18.6. The van der Waals surface area contributed by atoms with Gasteiger partial charge in [0, 0.05) is 76.9 Å². The van der Waals surface area contributed by atoms with Crippen molar-refractivity contribution >= 4 is 114 Å². The van der Waals surface area contributed by atoms with E-state index in [1.54, 1.807) is 23.9 Å². The molecule has 0 saturated carbocycles. The Balaban J connectivity index is 0.000000239. The molecule has 46 heteroatoms. The summed E-state index contributed by atoms with van der Waals surface area (Å²) >= 11 is 10.3. The Morgan fingerprint density at radius 1 is 0.447 bits per heavy atom. The van der Waals surface area contributed by atoms with Gasteiger partial charge >= 0.3 is 29.0 Å². The lowest BCUT2D eigenvalue weighted by Gasteiger charge is -2.20. The summed E-state index contributed by atoms with van der Waals surface area (Å²) in [6, 6.07) is 2.66. The number of carbonyl (C=O) groups excluding carboxylic acids is 4. The van der Waals surface area contributed by atoms with Gasteiger partial charge in [-0.05, 0) is 161 Å². The molecule has 5 fully saturated rings. The fourth-order valence-electron chi connectivity index (χ4n) is 13.3. The van der Waals surface area contributed by atoms with Crippen molar-refractivity contribution in [3.8, 4) is 0 Å². The Morgan fingerprint density at radius 2 is 0.789 bits per heavy atom. The molecule has 10 heterocycles. The first-order valence-electron chi connectivity index (χ1n) is 38.9. The summed E-state index contributed by atoms with van der Waals surface area (Å²) in [5, 5.41) is 82.5. The SMILES string of the molecule is C=P(C)(C)CC[C@H]1OC(n2cc(C(=O)CC(=O)OC)c(=O)[nH]c2=O)[C@H](O)[C@@H]1O.C=P(C)(C)CC[C@H]1OC(n2cc(C(=O)COC(C)=O)c(=O)[nH]c2=O)[C@H](O)[C@@H]1O.C=P(C)(C)CC[C@H]1OC(n2cc(C)c(=O)[nH]c2=S)[C@H](O)[C@@H]1O.C=P(C)(C)CC[C@H]1OC(n2ccc(=O)[nH]c2=S)[C@H](OC)[C@@H]1O.C=P(C)(C)CC[C@H]1OC(n2ccc(=O)n(C)c2=O)[C@H](OC)[C@@H]1O. The van der Waals surface area contributed by atoms with Crippen LogP contribution in [0.25, 0.3) is 0 Å². The van der Waals surface area contributed by atoms with E-state index in [1.807, 2.05) is 36.6 Å². The van der Waals surface area contributed by atoms with Crippen LogP contribution in [0.15, 0.2) is 81.5 Å². The third-order valence-corrected chi connectivity index (χ3v) is 28.3. The van der Waals surface area contributed by atoms with E-state index in [9.17, 15) is 98.4 Å². The van der Waals surface area contributed by atoms with E-state index >= 15 is 0 Å². The van der Waals surface area contributed by atoms with Crippen LogP contribution in [0.3, 0.4) is 0 Å². The van der Waals surface area contributed by atoms with Crippen molar-refractivity contribution < 1.29 is 103 Å². The van der Waals surface area contributed by atoms with Crippen molar-refractivity contribution in [2.24, 2.45) is 7.05 Å². The van der Waals surface area contributed by atoms with Crippen LogP contribution in [0.2, 0.25) is 0 Å². The van der Waals surface area contributed by atoms with Crippen LogP contribution < -0.4 is 44.9 Å². The van der Waals surface area contributed by atoms with E-state index in [0.29, 0.717) is 43.6 Å². The van der Waals surface area contributed by atoms with Crippen molar-refractivity contribution in [2.75, 3.05) is 125 Å². The maximum atomic E-state index is 12.3. The third kappa shape index (κ3) is 29.5. The molecule has 0 amide bonds. The molecule has 12 N–H and O–H groups in total. The van der Waals surface area contributed by atoms with E-state index < -0.39 is 227 Å². The molecule has 5 aromatic rings. The highest BCUT2D eigenvalue weighted by Crippen LogP contribution is 2.45. The van der Waals surface area contributed by atoms with Crippen molar-refractivity contribution in [1.29, 1.82) is 0 Å². The van der Waals surface area contributed by atoms with Gasteiger partial charge in [0.05, 0.1) is 43.2 Å². The number of hydrogen-bond acceptors (Lipinski definition) is 31. The standard InChI is InChI=1S/2C17H25N2O8P.C15H25N2O5P.2C14H23N2O4PS/c1-26-12(21)7-10(20)9-8-19(17(25)18-15(9)24)16-14(23)13(22)11(27-16)5-6-28(2,3)4;1-9(20)26-8-11(21)10-7-19(17(25)18-15(10)24)16-14(23)13(22)12(27-16)5-6-28(2,3)4;1-16-11(18)6-8-17(15(16)20)14-13(21-2)12(19)10(22-14)7-9-23(3,4)5;1-19-12-11(18)9(6-8-21(2,3)4)20-13(12)16-7-5-10(17)15-14(16)22;1-8-7-16(14(22)15-12(8)19)13-11(18)10(17)9(20-13)5-6-21(2,3)4/h8,11,13-14,16,22-23H,2,5-7H2,1,3-4H3,(H,18,24,25);7,12-14,16,22-23H,2,5-6,8H2,1,3-4H3,(H,18,24,25);6,8,10,12-14,19H,3,7,9H2,1-2,4-5H3;5,7,9,11-13,18H,2,6,8H2,1,3-4H3,(H,15,17,22);7,9-11,13,17-18H,2,5-6H2,1,3-4H3,(H,15,19,22)/t11-,13-,14-,16?;12-,13-,14-,16?;10-,12-,13-,14?;9-,11-,12-,13?;9-,10-,11-,13?/m11111/s1. The number of rotatable bonds is 28. The Morgan fingerprint density at radius 3 is 1.15 bits per heavy atom. The molecule has 0 bridgehead atoms. The Bertz CT molecular complexity index is 5470. The number of aliphatic hydroxyl groups is 8. The maximum absolute atomic E-state index is 12.3. The first kappa shape index (κ1) is 105. The highest BCUT2D eigenvalue weighted by Gasteiger charge is 2.49. The van der Waals surface area contributed by atoms with Gasteiger partial charge in [0.2, 0.25) is 5.78 Å². The molecule has 0 aromatic carbocycles. The van der Waals surface area contributed by atoms with Crippen molar-refractivity contribution in [3.05, 3.63) is 153 Å². The number of ketones is 2. The summed E-state index contributed by atoms with van der Waals surface area (Å²) in [4.78, 5) is 150. The number of nitrogens with one attached hydrogen (secondary N) is 4. The van der Waals surface area contributed by atoms with Gasteiger partial charge in [-0.15, -0.1) is 65.9 Å². The molecule has 10 rings (SSSR count). The van der Waals surface area contributed by atoms with Crippen LogP contribution >= 0.6 is 58.9 Å². The maximum Gasteiger partial charge on any atom is 0.332 e. The van der Waals surface area contributed by atoms with Crippen LogP contribution in [-0.2, 0) is 59.3 Å². The molecule has 0 radical (unpaired) electrons. The number of nitrogens with zero attached hydrogens (tertiary/aromatic N) is 6. The van der Waals surface area contributed by atoms with Crippen LogP contribution in [-0.4, -0.2) is 360 Å². The number of methoxy groups -OCH3 is 3. The quantitative estimate of drug-likeness (QED) is 0.0104. The second-order valence-corrected chi connectivity index (χ2v) is 56.5. The van der Waals surface area contributed by atoms with E-state index in [1.165, 1.54) is 48.7 Å². The molecule has 5 aliphatic heterocycles. The summed E-state index contributed by atoms with van der Waals surface area (Å²) in [6.45, 7) is 16.5. The Kier molecular flexibility index (Phi) is 38.0. The topological polar surface area (TPSA) is 542 Å². The van der Waals surface area contributed by atoms with E-state index in [-0.39, 0.29) is 32.3 Å². The predicted octanol–water partition coefficient (Wildman–Crippen LogP) is 0.133. The number of ether oxygens (including phenoxy) is 9. The number of Topliss-reactive ketones (excluding diaryl/α,β-unsaturated/α-hetero) is 2. The zero-order valence-corrected chi connectivity index (χ0v) is 78.1. The van der Waals surface area contributed by atoms with Crippen LogP contribution in [0, 0.1) is 16.5 Å². The fraction of sp³-hybridized carbons (Fsp3) is 0.623. The summed E-state index contributed by atoms with van der Waals surface area (Å²) in [5.41, 5.74) is -5.59. The number of aryl methyl sites for hydroxylation is 1. The van der Waals surface area contributed by atoms with Gasteiger partial charge in [-0.25, -0.2) is 14.4 Å². The van der Waals surface area contributed by atoms with E-state index in [2.05, 4.69) is 90.9 Å². The summed E-state index contributed by atoms with van der Waals surface area (Å²) in [5.74, 6) is -3.21. The Labute approximate surface area is 720 Å². The molecule has 5 saturated heterocycles. The lowest BCUT2D eigenvalue weighted by atomic mass is 10.1. The molecule has 20 atom stereocenters. The molecule has 0 spiro atoms. The van der Waals surface area contributed by atoms with Crippen molar-refractivity contribution in [3.63, 3.8) is 0 Å². The van der Waals surface area contributed by atoms with Gasteiger partial charge in [-0.3, -0.25) is 90.5 Å². The summed E-state index contributed by atoms with van der Waals surface area (Å²) in [6.07, 6.45) is 15.7. The lowest BCUT2D eigenvalue weighted by molar-refractivity contribution is -0.140. The number of carbonyl (C=O) groups is 4. The van der Waals surface area contributed by atoms with Gasteiger partial charge in [0.15, 0.2) is 53.1 Å². The number of aliphatic hydroxyl groups excluding tert-OH is 8. The Hall–Kier alpha value is -6.58. The number of hydrogen-bond donors (Lipinski definition) is 12. The summed E-state index contributed by atoms with van der Waals surface area (Å²) in [7, 11) is 5.50. The first-order chi connectivity index (χ1) is 56.8. The first-order valence-corrected chi connectivity index (χ1v) is 54.9. The van der Waals surface area contributed by atoms with Crippen molar-refractivity contribution in [1.82, 2.24) is 47.3 Å².